The summed E-state index contributed by atoms with van der Waals surface area (Å²) in [7, 11) is -4.45. The van der Waals surface area contributed by atoms with Crippen LogP contribution in [0.1, 0.15) is 26.3 Å². The summed E-state index contributed by atoms with van der Waals surface area (Å²) in [6.07, 6.45) is -1.49. The molecule has 0 fully saturated rings. The molecule has 1 aromatic carbocycles. The summed E-state index contributed by atoms with van der Waals surface area (Å²) in [5.41, 5.74) is 0.877. The molecule has 8 nitrogen and oxygen atoms in total. The van der Waals surface area contributed by atoms with Crippen LogP contribution in [0.5, 0.6) is 0 Å². The number of hydrogen-bond donors (Lipinski definition) is 1. The van der Waals surface area contributed by atoms with Crippen molar-refractivity contribution in [3.63, 3.8) is 0 Å². The number of carbonyl (C=O) groups excluding carboxylic acids is 2. The van der Waals surface area contributed by atoms with Gasteiger partial charge in [0.1, 0.15) is 0 Å². The van der Waals surface area contributed by atoms with Crippen LogP contribution < -0.4 is 4.72 Å². The highest BCUT2D eigenvalue weighted by Crippen LogP contribution is 2.38. The minimum Gasteiger partial charge on any atom is -0.468 e. The molecule has 164 valence electrons. The highest BCUT2D eigenvalue weighted by Gasteiger charge is 2.47. The smallest absolute Gasteiger partial charge is 0.336 e. The Hall–Kier alpha value is -1.75. The lowest BCUT2D eigenvalue weighted by Crippen LogP contribution is -2.58. The number of esters is 2. The van der Waals surface area contributed by atoms with Crippen molar-refractivity contribution in [3.8, 4) is 0 Å². The summed E-state index contributed by atoms with van der Waals surface area (Å²) in [5.74, 6) is -1.81. The van der Waals surface area contributed by atoms with Crippen molar-refractivity contribution in [1.29, 1.82) is 0 Å². The summed E-state index contributed by atoms with van der Waals surface area (Å²) < 4.78 is 43.6. The third-order valence-electron chi connectivity index (χ3n) is 5.03. The molecule has 0 bridgehead atoms. The number of rotatable bonds is 8. The zero-order valence-electron chi connectivity index (χ0n) is 18.2. The molecule has 0 saturated carbocycles. The van der Waals surface area contributed by atoms with Crippen LogP contribution in [0.2, 0.25) is 18.1 Å². The Labute approximate surface area is 174 Å². The first kappa shape index (κ1) is 25.3. The van der Waals surface area contributed by atoms with E-state index in [1.807, 2.05) is 40.8 Å². The quantitative estimate of drug-likeness (QED) is 0.483. The molecule has 0 radical (unpaired) electrons. The monoisotopic (exact) mass is 445 g/mol. The van der Waals surface area contributed by atoms with E-state index in [0.29, 0.717) is 0 Å². The molecule has 0 spiro atoms. The Kier molecular flexibility index (Phi) is 8.17. The minimum absolute atomic E-state index is 0.0482. The molecule has 1 N–H and O–H groups in total. The molecule has 0 aromatic heterocycles. The Morgan fingerprint density at radius 2 is 1.48 bits per heavy atom. The molecular weight excluding hydrogens is 414 g/mol. The predicted molar refractivity (Wildman–Crippen MR) is 111 cm³/mol. The summed E-state index contributed by atoms with van der Waals surface area (Å²) in [6.45, 7) is 11.4. The predicted octanol–water partition coefficient (Wildman–Crippen LogP) is 2.38. The molecule has 2 atom stereocenters. The van der Waals surface area contributed by atoms with Gasteiger partial charge in [-0.2, -0.15) is 4.72 Å². The fourth-order valence-corrected chi connectivity index (χ4v) is 4.58. The number of carbonyl (C=O) groups is 2. The van der Waals surface area contributed by atoms with Crippen molar-refractivity contribution in [2.75, 3.05) is 14.2 Å². The maximum Gasteiger partial charge on any atom is 0.336 e. The van der Waals surface area contributed by atoms with E-state index in [4.69, 9.17) is 13.9 Å². The van der Waals surface area contributed by atoms with E-state index < -0.39 is 42.4 Å². The molecule has 0 unspecified atom stereocenters. The van der Waals surface area contributed by atoms with Crippen molar-refractivity contribution in [2.45, 2.75) is 62.9 Å². The summed E-state index contributed by atoms with van der Waals surface area (Å²) >= 11 is 0. The van der Waals surface area contributed by atoms with Crippen LogP contribution >= 0.6 is 0 Å². The van der Waals surface area contributed by atoms with Crippen LogP contribution in [-0.4, -0.2) is 55.0 Å². The van der Waals surface area contributed by atoms with Gasteiger partial charge < -0.3 is 13.9 Å². The number of methoxy groups -OCH3 is 2. The van der Waals surface area contributed by atoms with Crippen molar-refractivity contribution in [3.05, 3.63) is 29.8 Å². The molecule has 0 saturated heterocycles. The van der Waals surface area contributed by atoms with Crippen LogP contribution in [0.25, 0.3) is 0 Å². The molecular formula is C19H31NO7SSi. The van der Waals surface area contributed by atoms with Gasteiger partial charge in [0, 0.05) is 0 Å². The van der Waals surface area contributed by atoms with Crippen molar-refractivity contribution >= 4 is 30.3 Å². The normalized spacial score (nSPS) is 14.8. The summed E-state index contributed by atoms with van der Waals surface area (Å²) in [5, 5.41) is -0.296. The van der Waals surface area contributed by atoms with Crippen molar-refractivity contribution < 1.29 is 31.9 Å². The summed E-state index contributed by atoms with van der Waals surface area (Å²) in [4.78, 5) is 24.9. The second-order valence-corrected chi connectivity index (χ2v) is 14.7. The molecule has 1 aromatic rings. The number of nitrogens with one attached hydrogen (secondary N) is 1. The van der Waals surface area contributed by atoms with E-state index in [9.17, 15) is 18.0 Å². The van der Waals surface area contributed by atoms with Gasteiger partial charge in [-0.3, -0.25) is 4.79 Å². The SMILES string of the molecule is COC(=O)[C@H](NS(=O)(=O)c1ccc(C)cc1)[C@@H](O[Si](C)(C)C(C)(C)C)C(=O)OC. The molecule has 0 heterocycles. The zero-order valence-corrected chi connectivity index (χ0v) is 20.0. The fourth-order valence-electron chi connectivity index (χ4n) is 2.18. The van der Waals surface area contributed by atoms with Gasteiger partial charge in [0.25, 0.3) is 0 Å². The van der Waals surface area contributed by atoms with Crippen LogP contribution in [0.3, 0.4) is 0 Å². The van der Waals surface area contributed by atoms with Gasteiger partial charge in [-0.05, 0) is 37.2 Å². The van der Waals surface area contributed by atoms with Crippen LogP contribution in [-0.2, 0) is 33.5 Å². The third kappa shape index (κ3) is 6.36. The lowest BCUT2D eigenvalue weighted by atomic mass is 10.2. The van der Waals surface area contributed by atoms with Crippen LogP contribution in [0, 0.1) is 6.92 Å². The molecule has 0 amide bonds. The Morgan fingerprint density at radius 3 is 1.90 bits per heavy atom. The number of hydrogen-bond acceptors (Lipinski definition) is 7. The maximum atomic E-state index is 12.8. The van der Waals surface area contributed by atoms with Gasteiger partial charge in [0.15, 0.2) is 20.5 Å². The lowest BCUT2D eigenvalue weighted by Gasteiger charge is -2.39. The molecule has 0 aliphatic rings. The van der Waals surface area contributed by atoms with Gasteiger partial charge >= 0.3 is 11.9 Å². The number of ether oxygens (including phenoxy) is 2. The number of benzene rings is 1. The summed E-state index contributed by atoms with van der Waals surface area (Å²) in [6, 6.07) is 4.48. The topological polar surface area (TPSA) is 108 Å². The molecule has 10 heteroatoms. The van der Waals surface area contributed by atoms with E-state index >= 15 is 0 Å². The first-order chi connectivity index (χ1) is 13.2. The largest absolute Gasteiger partial charge is 0.468 e. The van der Waals surface area contributed by atoms with Crippen molar-refractivity contribution in [1.82, 2.24) is 4.72 Å². The molecule has 0 aliphatic carbocycles. The highest BCUT2D eigenvalue weighted by molar-refractivity contribution is 7.89. The Bertz CT molecular complexity index is 829. The minimum atomic E-state index is -4.13. The maximum absolute atomic E-state index is 12.8. The van der Waals surface area contributed by atoms with E-state index in [-0.39, 0.29) is 9.93 Å². The standard InChI is InChI=1S/C19H31NO7SSi/c1-13-9-11-14(12-10-13)28(23,24)20-15(17(21)25-5)16(18(22)26-6)27-29(7,8)19(2,3)4/h9-12,15-16,20H,1-8H3/t15-,16-/m1/s1. The molecule has 1 rings (SSSR count). The third-order valence-corrected chi connectivity index (χ3v) is 10.9. The average molecular weight is 446 g/mol. The Balaban J connectivity index is 3.38. The van der Waals surface area contributed by atoms with Gasteiger partial charge in [-0.15, -0.1) is 0 Å². The Morgan fingerprint density at radius 1 is 1.00 bits per heavy atom. The number of sulfonamides is 1. The van der Waals surface area contributed by atoms with Gasteiger partial charge in [0.05, 0.1) is 19.1 Å². The van der Waals surface area contributed by atoms with Crippen molar-refractivity contribution in [2.24, 2.45) is 0 Å². The van der Waals surface area contributed by atoms with Gasteiger partial charge in [0.2, 0.25) is 10.0 Å². The molecule has 0 aliphatic heterocycles. The number of aryl methyl sites for hydroxylation is 1. The van der Waals surface area contributed by atoms with E-state index in [0.717, 1.165) is 19.8 Å². The highest BCUT2D eigenvalue weighted by atomic mass is 32.2. The van der Waals surface area contributed by atoms with Crippen LogP contribution in [0.15, 0.2) is 29.2 Å². The molecule has 29 heavy (non-hydrogen) atoms. The van der Waals surface area contributed by atoms with E-state index in [2.05, 4.69) is 4.72 Å². The average Bonchev–Trinajstić information content (AvgIpc) is 2.62. The van der Waals surface area contributed by atoms with Gasteiger partial charge in [-0.25, -0.2) is 13.2 Å². The second kappa shape index (κ2) is 9.37. The first-order valence-corrected chi connectivity index (χ1v) is 13.5. The van der Waals surface area contributed by atoms with Gasteiger partial charge in [-0.1, -0.05) is 38.5 Å². The fraction of sp³-hybridized carbons (Fsp3) is 0.579. The second-order valence-electron chi connectivity index (χ2n) is 8.26. The zero-order chi connectivity index (χ0) is 22.6. The lowest BCUT2D eigenvalue weighted by molar-refractivity contribution is -0.158. The van der Waals surface area contributed by atoms with Crippen LogP contribution in [0.4, 0.5) is 0 Å². The first-order valence-electron chi connectivity index (χ1n) is 9.09. The van der Waals surface area contributed by atoms with E-state index in [1.165, 1.54) is 12.1 Å². The van der Waals surface area contributed by atoms with E-state index in [1.54, 1.807) is 12.1 Å².